The summed E-state index contributed by atoms with van der Waals surface area (Å²) in [6.45, 7) is 14.9. The summed E-state index contributed by atoms with van der Waals surface area (Å²) >= 11 is 0. The summed E-state index contributed by atoms with van der Waals surface area (Å²) in [5.41, 5.74) is 2.44. The third-order valence-corrected chi connectivity index (χ3v) is 3.38. The molecular formula is C16H23F. The Bertz CT molecular complexity index is 384. The second-order valence-corrected chi connectivity index (χ2v) is 5.21. The molecular weight excluding hydrogens is 211 g/mol. The predicted octanol–water partition coefficient (Wildman–Crippen LogP) is 5.15. The van der Waals surface area contributed by atoms with Gasteiger partial charge in [-0.05, 0) is 68.7 Å². The van der Waals surface area contributed by atoms with E-state index in [-0.39, 0.29) is 0 Å². The van der Waals surface area contributed by atoms with Gasteiger partial charge in [0.25, 0.3) is 0 Å². The molecule has 0 unspecified atom stereocenters. The van der Waals surface area contributed by atoms with E-state index < -0.39 is 5.67 Å². The van der Waals surface area contributed by atoms with Gasteiger partial charge in [0.1, 0.15) is 5.67 Å². The molecule has 1 aliphatic rings. The molecule has 0 nitrogen and oxygen atoms in total. The highest BCUT2D eigenvalue weighted by Gasteiger charge is 2.29. The standard InChI is InChI=1S/C16H23F/c1-7-14(13-9-10-13)11(3)12(4)15(8-2)16(5,6)17/h7-8,13H,2-3,9-10H2,1,4-6H3/b14-7+,15-12-. The van der Waals surface area contributed by atoms with Gasteiger partial charge in [-0.15, -0.1) is 0 Å². The summed E-state index contributed by atoms with van der Waals surface area (Å²) in [5, 5.41) is 0. The van der Waals surface area contributed by atoms with Gasteiger partial charge in [0, 0.05) is 0 Å². The van der Waals surface area contributed by atoms with E-state index >= 15 is 0 Å². The van der Waals surface area contributed by atoms with E-state index in [4.69, 9.17) is 0 Å². The van der Waals surface area contributed by atoms with E-state index in [1.165, 1.54) is 18.4 Å². The first kappa shape index (κ1) is 14.0. The van der Waals surface area contributed by atoms with Crippen molar-refractivity contribution in [2.75, 3.05) is 0 Å². The summed E-state index contributed by atoms with van der Waals surface area (Å²) in [6, 6.07) is 0. The Morgan fingerprint density at radius 2 is 1.88 bits per heavy atom. The molecule has 0 spiro atoms. The van der Waals surface area contributed by atoms with Gasteiger partial charge in [-0.1, -0.05) is 25.3 Å². The van der Waals surface area contributed by atoms with Crippen LogP contribution in [0, 0.1) is 5.92 Å². The lowest BCUT2D eigenvalue weighted by molar-refractivity contribution is 0.272. The quantitative estimate of drug-likeness (QED) is 0.577. The first-order chi connectivity index (χ1) is 7.82. The molecule has 0 bridgehead atoms. The highest BCUT2D eigenvalue weighted by atomic mass is 19.1. The largest absolute Gasteiger partial charge is 0.239 e. The minimum Gasteiger partial charge on any atom is -0.239 e. The minimum absolute atomic E-state index is 0.635. The van der Waals surface area contributed by atoms with Crippen molar-refractivity contribution in [3.8, 4) is 0 Å². The fourth-order valence-corrected chi connectivity index (χ4v) is 2.27. The van der Waals surface area contributed by atoms with E-state index in [9.17, 15) is 4.39 Å². The third-order valence-electron chi connectivity index (χ3n) is 3.38. The zero-order valence-corrected chi connectivity index (χ0v) is 11.4. The SMILES string of the molecule is C=C/C(=C(\C)C(=C)/C(=C\C)C1CC1)C(C)(C)F. The highest BCUT2D eigenvalue weighted by molar-refractivity contribution is 5.51. The van der Waals surface area contributed by atoms with Crippen LogP contribution < -0.4 is 0 Å². The van der Waals surface area contributed by atoms with Crippen LogP contribution in [-0.2, 0) is 0 Å². The smallest absolute Gasteiger partial charge is 0.130 e. The van der Waals surface area contributed by atoms with Gasteiger partial charge in [-0.25, -0.2) is 4.39 Å². The Kier molecular flexibility index (Phi) is 4.13. The molecule has 0 N–H and O–H groups in total. The number of hydrogen-bond acceptors (Lipinski definition) is 0. The van der Waals surface area contributed by atoms with Gasteiger partial charge in [-0.3, -0.25) is 0 Å². The van der Waals surface area contributed by atoms with E-state index in [2.05, 4.69) is 19.2 Å². The van der Waals surface area contributed by atoms with Crippen molar-refractivity contribution in [2.24, 2.45) is 5.92 Å². The Morgan fingerprint density at radius 3 is 2.18 bits per heavy atom. The molecule has 0 aromatic heterocycles. The van der Waals surface area contributed by atoms with Crippen LogP contribution in [0.3, 0.4) is 0 Å². The van der Waals surface area contributed by atoms with Crippen LogP contribution in [0.1, 0.15) is 40.5 Å². The Morgan fingerprint density at radius 1 is 1.35 bits per heavy atom. The van der Waals surface area contributed by atoms with E-state index in [1.807, 2.05) is 13.8 Å². The van der Waals surface area contributed by atoms with Crippen molar-refractivity contribution in [3.63, 3.8) is 0 Å². The lowest BCUT2D eigenvalue weighted by atomic mass is 9.87. The van der Waals surface area contributed by atoms with Crippen molar-refractivity contribution >= 4 is 0 Å². The first-order valence-electron chi connectivity index (χ1n) is 6.21. The van der Waals surface area contributed by atoms with Crippen molar-refractivity contribution in [1.29, 1.82) is 0 Å². The summed E-state index contributed by atoms with van der Waals surface area (Å²) < 4.78 is 14.1. The highest BCUT2D eigenvalue weighted by Crippen LogP contribution is 2.42. The van der Waals surface area contributed by atoms with Gasteiger partial charge in [0.15, 0.2) is 0 Å². The van der Waals surface area contributed by atoms with Gasteiger partial charge < -0.3 is 0 Å². The summed E-state index contributed by atoms with van der Waals surface area (Å²) in [4.78, 5) is 0. The summed E-state index contributed by atoms with van der Waals surface area (Å²) in [7, 11) is 0. The Labute approximate surface area is 105 Å². The molecule has 17 heavy (non-hydrogen) atoms. The van der Waals surface area contributed by atoms with Gasteiger partial charge in [0.2, 0.25) is 0 Å². The molecule has 1 fully saturated rings. The normalized spacial score (nSPS) is 18.8. The van der Waals surface area contributed by atoms with Crippen molar-refractivity contribution in [1.82, 2.24) is 0 Å². The monoisotopic (exact) mass is 234 g/mol. The number of hydrogen-bond donors (Lipinski definition) is 0. The fourth-order valence-electron chi connectivity index (χ4n) is 2.27. The molecule has 1 rings (SSSR count). The van der Waals surface area contributed by atoms with Crippen molar-refractivity contribution in [3.05, 3.63) is 47.6 Å². The average molecular weight is 234 g/mol. The topological polar surface area (TPSA) is 0 Å². The Hall–Kier alpha value is -1.11. The predicted molar refractivity (Wildman–Crippen MR) is 73.7 cm³/mol. The second-order valence-electron chi connectivity index (χ2n) is 5.21. The molecule has 1 aliphatic carbocycles. The average Bonchev–Trinajstić information content (AvgIpc) is 3.01. The van der Waals surface area contributed by atoms with Gasteiger partial charge in [0.05, 0.1) is 0 Å². The van der Waals surface area contributed by atoms with Crippen LogP contribution >= 0.6 is 0 Å². The summed E-state index contributed by atoms with van der Waals surface area (Å²) in [6.07, 6.45) is 6.18. The maximum absolute atomic E-state index is 14.1. The van der Waals surface area contributed by atoms with E-state index in [0.717, 1.165) is 11.1 Å². The molecule has 1 saturated carbocycles. The number of halogens is 1. The number of allylic oxidation sites excluding steroid dienone is 6. The maximum Gasteiger partial charge on any atom is 0.130 e. The van der Waals surface area contributed by atoms with Crippen LogP contribution in [0.15, 0.2) is 47.6 Å². The van der Waals surface area contributed by atoms with Crippen LogP contribution in [0.25, 0.3) is 0 Å². The molecule has 0 heterocycles. The molecule has 0 atom stereocenters. The second kappa shape index (κ2) is 5.03. The molecule has 1 heteroatoms. The van der Waals surface area contributed by atoms with E-state index in [1.54, 1.807) is 19.9 Å². The molecule has 0 radical (unpaired) electrons. The fraction of sp³-hybridized carbons (Fsp3) is 0.500. The van der Waals surface area contributed by atoms with Gasteiger partial charge in [-0.2, -0.15) is 0 Å². The molecule has 0 amide bonds. The Balaban J connectivity index is 3.09. The molecule has 0 aromatic rings. The zero-order chi connectivity index (χ0) is 13.2. The molecule has 0 aliphatic heterocycles. The maximum atomic E-state index is 14.1. The molecule has 0 aromatic carbocycles. The lowest BCUT2D eigenvalue weighted by Crippen LogP contribution is -2.16. The van der Waals surface area contributed by atoms with Crippen LogP contribution in [0.5, 0.6) is 0 Å². The minimum atomic E-state index is -1.36. The first-order valence-corrected chi connectivity index (χ1v) is 6.21. The van der Waals surface area contributed by atoms with Crippen LogP contribution in [0.2, 0.25) is 0 Å². The van der Waals surface area contributed by atoms with Crippen LogP contribution in [0.4, 0.5) is 4.39 Å². The van der Waals surface area contributed by atoms with Crippen molar-refractivity contribution in [2.45, 2.75) is 46.2 Å². The van der Waals surface area contributed by atoms with Crippen LogP contribution in [-0.4, -0.2) is 5.67 Å². The van der Waals surface area contributed by atoms with E-state index in [0.29, 0.717) is 11.5 Å². The zero-order valence-electron chi connectivity index (χ0n) is 11.4. The third kappa shape index (κ3) is 3.18. The van der Waals surface area contributed by atoms with Gasteiger partial charge >= 0.3 is 0 Å². The number of rotatable bonds is 5. The van der Waals surface area contributed by atoms with Crippen molar-refractivity contribution < 1.29 is 4.39 Å². The summed E-state index contributed by atoms with van der Waals surface area (Å²) in [5.74, 6) is 0.635. The lowest BCUT2D eigenvalue weighted by Gasteiger charge is -2.21. The molecule has 0 saturated heterocycles. The number of alkyl halides is 1. The molecule has 94 valence electrons.